The van der Waals surface area contributed by atoms with E-state index < -0.39 is 10.0 Å². The molecule has 0 bridgehead atoms. The van der Waals surface area contributed by atoms with Crippen LogP contribution in [0.3, 0.4) is 0 Å². The molecule has 0 spiro atoms. The molecule has 2 aromatic heterocycles. The summed E-state index contributed by atoms with van der Waals surface area (Å²) in [7, 11) is -3.53. The zero-order chi connectivity index (χ0) is 18.2. The van der Waals surface area contributed by atoms with Crippen molar-refractivity contribution < 1.29 is 13.2 Å². The number of aromatic nitrogens is 4. The van der Waals surface area contributed by atoms with Gasteiger partial charge in [-0.1, -0.05) is 0 Å². The molecule has 0 radical (unpaired) electrons. The van der Waals surface area contributed by atoms with Gasteiger partial charge in [0.25, 0.3) is 0 Å². The van der Waals surface area contributed by atoms with Crippen LogP contribution < -0.4 is 4.74 Å². The number of aryl methyl sites for hydroxylation is 4. The van der Waals surface area contributed by atoms with Gasteiger partial charge in [0.2, 0.25) is 15.9 Å². The lowest BCUT2D eigenvalue weighted by atomic mass is 10.1. The van der Waals surface area contributed by atoms with E-state index in [0.717, 1.165) is 5.69 Å². The fourth-order valence-corrected chi connectivity index (χ4v) is 4.96. The summed E-state index contributed by atoms with van der Waals surface area (Å²) in [5.41, 5.74) is 1.93. The maximum absolute atomic E-state index is 12.8. The molecule has 25 heavy (non-hydrogen) atoms. The summed E-state index contributed by atoms with van der Waals surface area (Å²) < 4.78 is 33.1. The van der Waals surface area contributed by atoms with Crippen LogP contribution in [0.15, 0.2) is 11.0 Å². The quantitative estimate of drug-likeness (QED) is 0.884. The molecule has 8 nitrogen and oxygen atoms in total. The van der Waals surface area contributed by atoms with E-state index in [2.05, 4.69) is 20.2 Å². The Morgan fingerprint density at radius 2 is 1.84 bits per heavy atom. The fraction of sp³-hybridized carbons (Fsp3) is 0.562. The summed E-state index contributed by atoms with van der Waals surface area (Å²) in [6, 6.07) is 1.80. The molecule has 1 saturated heterocycles. The number of nitrogens with one attached hydrogen (secondary N) is 1. The number of sulfonamides is 1. The van der Waals surface area contributed by atoms with Crippen molar-refractivity contribution in [2.24, 2.45) is 0 Å². The minimum atomic E-state index is -3.53. The van der Waals surface area contributed by atoms with Crippen molar-refractivity contribution in [3.63, 3.8) is 0 Å². The molecule has 0 atom stereocenters. The second kappa shape index (κ2) is 6.72. The van der Waals surface area contributed by atoms with Gasteiger partial charge in [-0.15, -0.1) is 0 Å². The number of hydrogen-bond donors (Lipinski definition) is 1. The number of aromatic amines is 1. The van der Waals surface area contributed by atoms with E-state index in [1.54, 1.807) is 19.9 Å². The third kappa shape index (κ3) is 3.67. The van der Waals surface area contributed by atoms with E-state index in [-0.39, 0.29) is 11.0 Å². The van der Waals surface area contributed by atoms with E-state index in [1.165, 1.54) is 4.31 Å². The van der Waals surface area contributed by atoms with Gasteiger partial charge in [-0.25, -0.2) is 13.4 Å². The number of ether oxygens (including phenoxy) is 1. The first-order valence-corrected chi connectivity index (χ1v) is 9.72. The highest BCUT2D eigenvalue weighted by atomic mass is 32.2. The predicted molar refractivity (Wildman–Crippen MR) is 92.0 cm³/mol. The van der Waals surface area contributed by atoms with Crippen LogP contribution in [0.1, 0.15) is 35.7 Å². The molecular weight excluding hydrogens is 342 g/mol. The van der Waals surface area contributed by atoms with Gasteiger partial charge in [-0.05, 0) is 40.5 Å². The maximum Gasteiger partial charge on any atom is 0.246 e. The van der Waals surface area contributed by atoms with Crippen LogP contribution in [0, 0.1) is 27.7 Å². The lowest BCUT2D eigenvalue weighted by Crippen LogP contribution is -2.42. The van der Waals surface area contributed by atoms with Crippen LogP contribution in [0.25, 0.3) is 0 Å². The summed E-state index contributed by atoms with van der Waals surface area (Å²) in [6.45, 7) is 7.98. The molecule has 0 saturated carbocycles. The highest BCUT2D eigenvalue weighted by Crippen LogP contribution is 2.26. The first-order chi connectivity index (χ1) is 11.8. The van der Waals surface area contributed by atoms with Gasteiger partial charge in [-0.3, -0.25) is 5.10 Å². The van der Waals surface area contributed by atoms with Crippen LogP contribution >= 0.6 is 0 Å². The van der Waals surface area contributed by atoms with Crippen molar-refractivity contribution in [3.05, 3.63) is 29.0 Å². The van der Waals surface area contributed by atoms with Crippen molar-refractivity contribution in [2.45, 2.75) is 51.5 Å². The van der Waals surface area contributed by atoms with E-state index in [4.69, 9.17) is 4.74 Å². The van der Waals surface area contributed by atoms with Crippen molar-refractivity contribution in [2.75, 3.05) is 13.1 Å². The average molecular weight is 365 g/mol. The molecule has 0 aromatic carbocycles. The molecule has 136 valence electrons. The zero-order valence-corrected chi connectivity index (χ0v) is 15.7. The van der Waals surface area contributed by atoms with Gasteiger partial charge in [0.1, 0.15) is 16.8 Å². The Morgan fingerprint density at radius 1 is 1.16 bits per heavy atom. The second-order valence-corrected chi connectivity index (χ2v) is 8.25. The van der Waals surface area contributed by atoms with Crippen LogP contribution in [0.4, 0.5) is 0 Å². The number of hydrogen-bond acceptors (Lipinski definition) is 6. The normalized spacial score (nSPS) is 17.0. The summed E-state index contributed by atoms with van der Waals surface area (Å²) in [6.07, 6.45) is 1.20. The van der Waals surface area contributed by atoms with Gasteiger partial charge in [0.05, 0.1) is 11.4 Å². The van der Waals surface area contributed by atoms with E-state index in [0.29, 0.717) is 49.0 Å². The Kier molecular flexibility index (Phi) is 4.79. The summed E-state index contributed by atoms with van der Waals surface area (Å²) in [5, 5.41) is 6.73. The third-order valence-corrected chi connectivity index (χ3v) is 6.45. The van der Waals surface area contributed by atoms with Gasteiger partial charge in [-0.2, -0.15) is 14.4 Å². The number of H-pyrrole nitrogens is 1. The fourth-order valence-electron chi connectivity index (χ4n) is 3.15. The standard InChI is InChI=1S/C16H23N5O3S/c1-10-9-15(18-13(4)17-10)24-14-5-7-21(8-6-14)25(22,23)16-11(2)19-20-12(16)3/h9,14H,5-8H2,1-4H3,(H,19,20). The van der Waals surface area contributed by atoms with Gasteiger partial charge >= 0.3 is 0 Å². The van der Waals surface area contributed by atoms with Crippen molar-refractivity contribution in [1.29, 1.82) is 0 Å². The van der Waals surface area contributed by atoms with E-state index in [9.17, 15) is 8.42 Å². The Morgan fingerprint density at radius 3 is 2.40 bits per heavy atom. The number of rotatable bonds is 4. The van der Waals surface area contributed by atoms with Crippen molar-refractivity contribution in [3.8, 4) is 5.88 Å². The van der Waals surface area contributed by atoms with E-state index in [1.807, 2.05) is 13.8 Å². The molecule has 0 amide bonds. The Labute approximate surface area is 147 Å². The number of piperidine rings is 1. The first-order valence-electron chi connectivity index (χ1n) is 8.28. The molecule has 1 fully saturated rings. The lowest BCUT2D eigenvalue weighted by Gasteiger charge is -2.31. The minimum Gasteiger partial charge on any atom is -0.474 e. The molecular formula is C16H23N5O3S. The Bertz CT molecular complexity index is 830. The van der Waals surface area contributed by atoms with Crippen molar-refractivity contribution >= 4 is 10.0 Å². The number of nitrogens with zero attached hydrogens (tertiary/aromatic N) is 4. The van der Waals surface area contributed by atoms with Gasteiger partial charge in [0.15, 0.2) is 0 Å². The SMILES string of the molecule is Cc1cc(OC2CCN(S(=O)(=O)c3c(C)n[nH]c3C)CC2)nc(C)n1. The van der Waals surface area contributed by atoms with Crippen molar-refractivity contribution in [1.82, 2.24) is 24.5 Å². The predicted octanol–water partition coefficient (Wildman–Crippen LogP) is 1.67. The molecule has 0 unspecified atom stereocenters. The van der Waals surface area contributed by atoms with E-state index >= 15 is 0 Å². The Balaban J connectivity index is 1.67. The first kappa shape index (κ1) is 17.8. The summed E-state index contributed by atoms with van der Waals surface area (Å²) in [5.74, 6) is 1.22. The highest BCUT2D eigenvalue weighted by Gasteiger charge is 2.33. The molecule has 3 rings (SSSR count). The smallest absolute Gasteiger partial charge is 0.246 e. The maximum atomic E-state index is 12.8. The minimum absolute atomic E-state index is 0.0494. The largest absolute Gasteiger partial charge is 0.474 e. The topological polar surface area (TPSA) is 101 Å². The van der Waals surface area contributed by atoms with Crippen LogP contribution in [0.2, 0.25) is 0 Å². The zero-order valence-electron chi connectivity index (χ0n) is 14.9. The van der Waals surface area contributed by atoms with Gasteiger partial charge < -0.3 is 4.74 Å². The second-order valence-electron chi connectivity index (χ2n) is 6.38. The molecule has 0 aliphatic carbocycles. The molecule has 9 heteroatoms. The van der Waals surface area contributed by atoms with Crippen LogP contribution in [0.5, 0.6) is 5.88 Å². The summed E-state index contributed by atoms with van der Waals surface area (Å²) >= 11 is 0. The molecule has 2 aromatic rings. The average Bonchev–Trinajstić information content (AvgIpc) is 2.86. The third-order valence-electron chi connectivity index (χ3n) is 4.29. The van der Waals surface area contributed by atoms with Crippen LogP contribution in [-0.2, 0) is 10.0 Å². The Hall–Kier alpha value is -2.00. The summed E-state index contributed by atoms with van der Waals surface area (Å²) in [4.78, 5) is 8.80. The lowest BCUT2D eigenvalue weighted by molar-refractivity contribution is 0.129. The highest BCUT2D eigenvalue weighted by molar-refractivity contribution is 7.89. The molecule has 1 aliphatic heterocycles. The molecule has 1 aliphatic rings. The van der Waals surface area contributed by atoms with Crippen LogP contribution in [-0.4, -0.2) is 52.1 Å². The molecule has 1 N–H and O–H groups in total. The van der Waals surface area contributed by atoms with Gasteiger partial charge in [0, 0.05) is 24.8 Å². The molecule has 3 heterocycles. The monoisotopic (exact) mass is 365 g/mol.